The molecule has 0 radical (unpaired) electrons. The number of benzene rings is 1. The molecule has 0 heterocycles. The Morgan fingerprint density at radius 1 is 0.867 bits per heavy atom. The predicted molar refractivity (Wildman–Crippen MR) is 49.7 cm³/mol. The summed E-state index contributed by atoms with van der Waals surface area (Å²) < 4.78 is 52.5. The van der Waals surface area contributed by atoms with Gasteiger partial charge in [-0.25, -0.2) is 17.6 Å². The molecule has 0 saturated carbocycles. The molecule has 0 nitrogen and oxygen atoms in total. The fourth-order valence-electron chi connectivity index (χ4n) is 1.64. The predicted octanol–water partition coefficient (Wildman–Crippen LogP) is 3.93. The SMILES string of the molecule is CCc1c(F)c(F)c(F)c(F)c1C(C)C. The van der Waals surface area contributed by atoms with Crippen molar-refractivity contribution in [1.29, 1.82) is 0 Å². The van der Waals surface area contributed by atoms with Crippen molar-refractivity contribution in [2.45, 2.75) is 33.1 Å². The number of rotatable bonds is 2. The lowest BCUT2D eigenvalue weighted by molar-refractivity contribution is 0.396. The molecule has 0 aliphatic carbocycles. The Labute approximate surface area is 85.9 Å². The van der Waals surface area contributed by atoms with Gasteiger partial charge in [0.05, 0.1) is 0 Å². The molecule has 0 spiro atoms. The van der Waals surface area contributed by atoms with Gasteiger partial charge in [0.25, 0.3) is 0 Å². The smallest absolute Gasteiger partial charge is 0.197 e. The van der Waals surface area contributed by atoms with Crippen LogP contribution >= 0.6 is 0 Å². The van der Waals surface area contributed by atoms with E-state index in [0.717, 1.165) is 0 Å². The summed E-state index contributed by atoms with van der Waals surface area (Å²) in [5.41, 5.74) is -0.157. The minimum absolute atomic E-state index is 0.0751. The van der Waals surface area contributed by atoms with Crippen molar-refractivity contribution in [2.75, 3.05) is 0 Å². The second-order valence-electron chi connectivity index (χ2n) is 3.66. The Kier molecular flexibility index (Phi) is 3.37. The van der Waals surface area contributed by atoms with Crippen molar-refractivity contribution < 1.29 is 17.6 Å². The largest absolute Gasteiger partial charge is 0.203 e. The molecule has 15 heavy (non-hydrogen) atoms. The quantitative estimate of drug-likeness (QED) is 0.402. The van der Waals surface area contributed by atoms with E-state index in [1.807, 2.05) is 0 Å². The topological polar surface area (TPSA) is 0 Å². The number of halogens is 4. The number of hydrogen-bond donors (Lipinski definition) is 0. The summed E-state index contributed by atoms with van der Waals surface area (Å²) in [7, 11) is 0. The molecule has 4 heteroatoms. The summed E-state index contributed by atoms with van der Waals surface area (Å²) in [5, 5.41) is 0. The summed E-state index contributed by atoms with van der Waals surface area (Å²) >= 11 is 0. The summed E-state index contributed by atoms with van der Waals surface area (Å²) in [4.78, 5) is 0. The van der Waals surface area contributed by atoms with E-state index >= 15 is 0 Å². The molecule has 0 N–H and O–H groups in total. The molecular formula is C11H12F4. The zero-order chi connectivity index (χ0) is 11.7. The van der Waals surface area contributed by atoms with E-state index < -0.39 is 23.3 Å². The monoisotopic (exact) mass is 220 g/mol. The van der Waals surface area contributed by atoms with Gasteiger partial charge < -0.3 is 0 Å². The van der Waals surface area contributed by atoms with E-state index in [-0.39, 0.29) is 23.5 Å². The Balaban J connectivity index is 3.62. The minimum Gasteiger partial charge on any atom is -0.203 e. The van der Waals surface area contributed by atoms with Gasteiger partial charge in [-0.3, -0.25) is 0 Å². The van der Waals surface area contributed by atoms with E-state index in [0.29, 0.717) is 0 Å². The number of hydrogen-bond acceptors (Lipinski definition) is 0. The van der Waals surface area contributed by atoms with Gasteiger partial charge in [-0.1, -0.05) is 20.8 Å². The van der Waals surface area contributed by atoms with Crippen LogP contribution in [0.1, 0.15) is 37.8 Å². The van der Waals surface area contributed by atoms with Gasteiger partial charge in [0.2, 0.25) is 0 Å². The van der Waals surface area contributed by atoms with Crippen LogP contribution in [0.2, 0.25) is 0 Å². The van der Waals surface area contributed by atoms with E-state index in [4.69, 9.17) is 0 Å². The summed E-state index contributed by atoms with van der Waals surface area (Å²) in [6, 6.07) is 0. The second-order valence-corrected chi connectivity index (χ2v) is 3.66. The Morgan fingerprint density at radius 2 is 1.33 bits per heavy atom. The lowest BCUT2D eigenvalue weighted by atomic mass is 9.94. The Morgan fingerprint density at radius 3 is 1.73 bits per heavy atom. The molecule has 1 aromatic rings. The lowest BCUT2D eigenvalue weighted by Gasteiger charge is -2.14. The average Bonchev–Trinajstić information content (AvgIpc) is 2.19. The van der Waals surface area contributed by atoms with Gasteiger partial charge in [-0.15, -0.1) is 0 Å². The van der Waals surface area contributed by atoms with Crippen molar-refractivity contribution in [3.63, 3.8) is 0 Å². The normalized spacial score (nSPS) is 11.2. The molecule has 0 aliphatic heterocycles. The van der Waals surface area contributed by atoms with Gasteiger partial charge in [0.15, 0.2) is 23.3 Å². The molecule has 1 rings (SSSR count). The van der Waals surface area contributed by atoms with Gasteiger partial charge in [0.1, 0.15) is 0 Å². The van der Waals surface area contributed by atoms with Crippen LogP contribution < -0.4 is 0 Å². The fourth-order valence-corrected chi connectivity index (χ4v) is 1.64. The van der Waals surface area contributed by atoms with Crippen molar-refractivity contribution >= 4 is 0 Å². The fraction of sp³-hybridized carbons (Fsp3) is 0.455. The van der Waals surface area contributed by atoms with Crippen molar-refractivity contribution in [3.05, 3.63) is 34.4 Å². The van der Waals surface area contributed by atoms with Gasteiger partial charge in [0, 0.05) is 0 Å². The summed E-state index contributed by atoms with van der Waals surface area (Å²) in [6.45, 7) is 4.78. The van der Waals surface area contributed by atoms with E-state index in [9.17, 15) is 17.6 Å². The molecule has 0 amide bonds. The Bertz CT molecular complexity index is 383. The molecule has 0 aromatic heterocycles. The van der Waals surface area contributed by atoms with Gasteiger partial charge in [-0.2, -0.15) is 0 Å². The maximum absolute atomic E-state index is 13.4. The maximum atomic E-state index is 13.4. The highest BCUT2D eigenvalue weighted by atomic mass is 19.2. The molecule has 0 aliphatic rings. The molecule has 0 unspecified atom stereocenters. The first-order chi connectivity index (χ1) is 6.91. The third kappa shape index (κ3) is 1.85. The maximum Gasteiger partial charge on any atom is 0.197 e. The molecule has 1 aromatic carbocycles. The van der Waals surface area contributed by atoms with Crippen LogP contribution in [-0.4, -0.2) is 0 Å². The van der Waals surface area contributed by atoms with Crippen molar-refractivity contribution in [1.82, 2.24) is 0 Å². The first kappa shape index (κ1) is 12.0. The van der Waals surface area contributed by atoms with E-state index in [1.54, 1.807) is 20.8 Å². The summed E-state index contributed by atoms with van der Waals surface area (Å²) in [5.74, 6) is -6.40. The van der Waals surface area contributed by atoms with Gasteiger partial charge >= 0.3 is 0 Å². The first-order valence-electron chi connectivity index (χ1n) is 4.76. The van der Waals surface area contributed by atoms with Crippen LogP contribution in [0, 0.1) is 23.3 Å². The third-order valence-corrected chi connectivity index (χ3v) is 2.34. The lowest BCUT2D eigenvalue weighted by Crippen LogP contribution is -2.09. The summed E-state index contributed by atoms with van der Waals surface area (Å²) in [6.07, 6.45) is 0.132. The van der Waals surface area contributed by atoms with Crippen LogP contribution in [-0.2, 0) is 6.42 Å². The zero-order valence-electron chi connectivity index (χ0n) is 8.80. The van der Waals surface area contributed by atoms with E-state index in [1.165, 1.54) is 0 Å². The highest BCUT2D eigenvalue weighted by Crippen LogP contribution is 2.29. The van der Waals surface area contributed by atoms with Crippen LogP contribution in [0.5, 0.6) is 0 Å². The van der Waals surface area contributed by atoms with Crippen LogP contribution in [0.15, 0.2) is 0 Å². The van der Waals surface area contributed by atoms with Crippen LogP contribution in [0.3, 0.4) is 0 Å². The molecule has 0 saturated heterocycles. The van der Waals surface area contributed by atoms with Crippen LogP contribution in [0.25, 0.3) is 0 Å². The van der Waals surface area contributed by atoms with Crippen molar-refractivity contribution in [2.24, 2.45) is 0 Å². The molecule has 0 fully saturated rings. The highest BCUT2D eigenvalue weighted by molar-refractivity contribution is 5.34. The molecule has 84 valence electrons. The molecular weight excluding hydrogens is 208 g/mol. The molecule has 0 atom stereocenters. The third-order valence-electron chi connectivity index (χ3n) is 2.34. The standard InChI is InChI=1S/C11H12F4/c1-4-6-7(5(2)3)9(13)11(15)10(14)8(6)12/h5H,4H2,1-3H3. The first-order valence-corrected chi connectivity index (χ1v) is 4.76. The van der Waals surface area contributed by atoms with Gasteiger partial charge in [-0.05, 0) is 23.5 Å². The van der Waals surface area contributed by atoms with E-state index in [2.05, 4.69) is 0 Å². The highest BCUT2D eigenvalue weighted by Gasteiger charge is 2.25. The van der Waals surface area contributed by atoms with Crippen molar-refractivity contribution in [3.8, 4) is 0 Å². The average molecular weight is 220 g/mol. The minimum atomic E-state index is -1.73. The Hall–Kier alpha value is -1.06. The van der Waals surface area contributed by atoms with Crippen LogP contribution in [0.4, 0.5) is 17.6 Å². The second kappa shape index (κ2) is 4.21. The molecule has 0 bridgehead atoms. The zero-order valence-corrected chi connectivity index (χ0v) is 8.80.